The van der Waals surface area contributed by atoms with Gasteiger partial charge in [-0.3, -0.25) is 0 Å². The summed E-state index contributed by atoms with van der Waals surface area (Å²) < 4.78 is 5.58. The van der Waals surface area contributed by atoms with Gasteiger partial charge in [0.15, 0.2) is 0 Å². The fourth-order valence-electron chi connectivity index (χ4n) is 2.52. The summed E-state index contributed by atoms with van der Waals surface area (Å²) in [5, 5.41) is 1.23. The van der Waals surface area contributed by atoms with Gasteiger partial charge in [0.05, 0.1) is 6.26 Å². The SMILES string of the molecule is c1cc([C]2CCCCC2)c2occc2c1. The Morgan fingerprint density at radius 1 is 0.933 bits per heavy atom. The summed E-state index contributed by atoms with van der Waals surface area (Å²) >= 11 is 0. The van der Waals surface area contributed by atoms with Gasteiger partial charge in [-0.1, -0.05) is 37.5 Å². The van der Waals surface area contributed by atoms with E-state index >= 15 is 0 Å². The van der Waals surface area contributed by atoms with Crippen LogP contribution in [0.5, 0.6) is 0 Å². The summed E-state index contributed by atoms with van der Waals surface area (Å²) in [5.41, 5.74) is 2.42. The van der Waals surface area contributed by atoms with Crippen LogP contribution in [0.15, 0.2) is 34.9 Å². The summed E-state index contributed by atoms with van der Waals surface area (Å²) in [5.74, 6) is 1.59. The van der Waals surface area contributed by atoms with Crippen molar-refractivity contribution in [3.8, 4) is 0 Å². The number of hydrogen-bond donors (Lipinski definition) is 0. The van der Waals surface area contributed by atoms with Gasteiger partial charge in [-0.05, 0) is 18.9 Å². The van der Waals surface area contributed by atoms with Crippen molar-refractivity contribution >= 4 is 11.0 Å². The number of furan rings is 1. The zero-order valence-electron chi connectivity index (χ0n) is 8.83. The van der Waals surface area contributed by atoms with Crippen LogP contribution in [0.2, 0.25) is 0 Å². The maximum atomic E-state index is 5.58. The summed E-state index contributed by atoms with van der Waals surface area (Å²) in [6.07, 6.45) is 8.35. The highest BCUT2D eigenvalue weighted by Crippen LogP contribution is 2.35. The third-order valence-electron chi connectivity index (χ3n) is 3.32. The average molecular weight is 199 g/mol. The van der Waals surface area contributed by atoms with E-state index in [-0.39, 0.29) is 0 Å². The molecule has 1 aromatic carbocycles. The van der Waals surface area contributed by atoms with E-state index in [1.165, 1.54) is 43.1 Å². The van der Waals surface area contributed by atoms with Crippen molar-refractivity contribution in [2.75, 3.05) is 0 Å². The minimum Gasteiger partial charge on any atom is -0.464 e. The second-order valence-electron chi connectivity index (χ2n) is 4.31. The van der Waals surface area contributed by atoms with Gasteiger partial charge in [0, 0.05) is 16.9 Å². The number of hydrogen-bond acceptors (Lipinski definition) is 1. The fourth-order valence-corrected chi connectivity index (χ4v) is 2.52. The highest BCUT2D eigenvalue weighted by Gasteiger charge is 2.19. The van der Waals surface area contributed by atoms with Crippen molar-refractivity contribution in [1.82, 2.24) is 0 Å². The van der Waals surface area contributed by atoms with E-state index in [0.717, 1.165) is 5.58 Å². The van der Waals surface area contributed by atoms with Crippen molar-refractivity contribution in [3.05, 3.63) is 42.0 Å². The highest BCUT2D eigenvalue weighted by atomic mass is 16.3. The molecule has 1 aliphatic carbocycles. The molecule has 0 N–H and O–H groups in total. The number of rotatable bonds is 1. The molecule has 3 rings (SSSR count). The minimum absolute atomic E-state index is 1.08. The molecule has 1 fully saturated rings. The molecule has 0 aliphatic heterocycles. The van der Waals surface area contributed by atoms with Gasteiger partial charge in [0.25, 0.3) is 0 Å². The van der Waals surface area contributed by atoms with Crippen LogP contribution in [0.25, 0.3) is 11.0 Å². The van der Waals surface area contributed by atoms with Gasteiger partial charge < -0.3 is 4.42 Å². The molecule has 1 nitrogen and oxygen atoms in total. The first-order valence-corrected chi connectivity index (χ1v) is 5.76. The molecule has 1 aliphatic rings. The Morgan fingerprint density at radius 2 is 1.80 bits per heavy atom. The van der Waals surface area contributed by atoms with Crippen molar-refractivity contribution in [2.24, 2.45) is 0 Å². The second kappa shape index (κ2) is 3.73. The summed E-state index contributed by atoms with van der Waals surface area (Å²) in [6.45, 7) is 0. The molecule has 1 aromatic heterocycles. The molecule has 2 aromatic rings. The predicted octanol–water partition coefficient (Wildman–Crippen LogP) is 4.32. The lowest BCUT2D eigenvalue weighted by molar-refractivity contribution is 0.545. The monoisotopic (exact) mass is 199 g/mol. The third kappa shape index (κ3) is 1.56. The zero-order chi connectivity index (χ0) is 10.1. The summed E-state index contributed by atoms with van der Waals surface area (Å²) in [4.78, 5) is 0. The number of fused-ring (bicyclic) bond motifs is 1. The van der Waals surface area contributed by atoms with Crippen LogP contribution in [-0.2, 0) is 0 Å². The summed E-state index contributed by atoms with van der Waals surface area (Å²) in [7, 11) is 0. The van der Waals surface area contributed by atoms with Crippen molar-refractivity contribution in [1.29, 1.82) is 0 Å². The highest BCUT2D eigenvalue weighted by molar-refractivity contribution is 5.82. The van der Waals surface area contributed by atoms with E-state index in [1.807, 2.05) is 6.07 Å². The zero-order valence-corrected chi connectivity index (χ0v) is 8.83. The van der Waals surface area contributed by atoms with Crippen molar-refractivity contribution in [3.63, 3.8) is 0 Å². The molecule has 0 saturated heterocycles. The molecule has 15 heavy (non-hydrogen) atoms. The first-order valence-electron chi connectivity index (χ1n) is 5.76. The smallest absolute Gasteiger partial charge is 0.137 e. The maximum Gasteiger partial charge on any atom is 0.137 e. The van der Waals surface area contributed by atoms with Gasteiger partial charge in [0.2, 0.25) is 0 Å². The van der Waals surface area contributed by atoms with E-state index in [0.29, 0.717) is 0 Å². The number of para-hydroxylation sites is 1. The van der Waals surface area contributed by atoms with Gasteiger partial charge in [-0.2, -0.15) is 0 Å². The van der Waals surface area contributed by atoms with Crippen LogP contribution in [0, 0.1) is 5.92 Å². The van der Waals surface area contributed by atoms with Crippen LogP contribution in [-0.4, -0.2) is 0 Å². The molecule has 1 heterocycles. The molecule has 0 bridgehead atoms. The maximum absolute atomic E-state index is 5.58. The minimum atomic E-state index is 1.08. The molecule has 1 radical (unpaired) electrons. The van der Waals surface area contributed by atoms with Crippen molar-refractivity contribution < 1.29 is 4.42 Å². The molecule has 0 amide bonds. The van der Waals surface area contributed by atoms with Crippen LogP contribution in [0.3, 0.4) is 0 Å². The first-order chi connectivity index (χ1) is 7.45. The lowest BCUT2D eigenvalue weighted by atomic mass is 9.83. The van der Waals surface area contributed by atoms with E-state index in [2.05, 4.69) is 18.2 Å². The summed E-state index contributed by atoms with van der Waals surface area (Å²) in [6, 6.07) is 8.50. The topological polar surface area (TPSA) is 13.1 Å². The third-order valence-corrected chi connectivity index (χ3v) is 3.32. The molecular weight excluding hydrogens is 184 g/mol. The molecule has 77 valence electrons. The van der Waals surface area contributed by atoms with Crippen LogP contribution in [0.4, 0.5) is 0 Å². The van der Waals surface area contributed by atoms with E-state index in [1.54, 1.807) is 12.2 Å². The predicted molar refractivity (Wildman–Crippen MR) is 61.6 cm³/mol. The Labute approximate surface area is 90.1 Å². The van der Waals surface area contributed by atoms with Gasteiger partial charge in [0.1, 0.15) is 5.58 Å². The van der Waals surface area contributed by atoms with E-state index in [4.69, 9.17) is 4.42 Å². The van der Waals surface area contributed by atoms with E-state index in [9.17, 15) is 0 Å². The Morgan fingerprint density at radius 3 is 2.67 bits per heavy atom. The fraction of sp³-hybridized carbons (Fsp3) is 0.357. The molecule has 1 heteroatoms. The van der Waals surface area contributed by atoms with Gasteiger partial charge >= 0.3 is 0 Å². The normalized spacial score (nSPS) is 18.4. The number of benzene rings is 1. The second-order valence-corrected chi connectivity index (χ2v) is 4.31. The largest absolute Gasteiger partial charge is 0.464 e. The Bertz CT molecular complexity index is 449. The Hall–Kier alpha value is -1.24. The molecular formula is C14H15O. The van der Waals surface area contributed by atoms with Gasteiger partial charge in [-0.25, -0.2) is 0 Å². The molecule has 1 saturated carbocycles. The first kappa shape index (κ1) is 9.02. The van der Waals surface area contributed by atoms with E-state index < -0.39 is 0 Å². The van der Waals surface area contributed by atoms with Crippen LogP contribution >= 0.6 is 0 Å². The molecule has 0 unspecified atom stereocenters. The Balaban J connectivity index is 2.05. The Kier molecular flexibility index (Phi) is 2.24. The quantitative estimate of drug-likeness (QED) is 0.666. The van der Waals surface area contributed by atoms with Crippen molar-refractivity contribution in [2.45, 2.75) is 32.1 Å². The van der Waals surface area contributed by atoms with Crippen LogP contribution < -0.4 is 0 Å². The molecule has 0 spiro atoms. The standard InChI is InChI=1S/C14H15O/c1-2-5-11(6-3-1)13-8-4-7-12-9-10-15-14(12)13/h4,7-10H,1-3,5-6H2. The molecule has 0 atom stereocenters. The lowest BCUT2D eigenvalue weighted by Gasteiger charge is -2.21. The van der Waals surface area contributed by atoms with Crippen LogP contribution in [0.1, 0.15) is 37.7 Å². The lowest BCUT2D eigenvalue weighted by Crippen LogP contribution is -2.05. The van der Waals surface area contributed by atoms with Gasteiger partial charge in [-0.15, -0.1) is 0 Å². The average Bonchev–Trinajstić information content (AvgIpc) is 2.78.